The molecule has 0 saturated carbocycles. The SMILES string of the molecule is CC(C)(C)CC(CNC(=O)/C=C/c1ccc(Br)o1)C(=O)O. The fourth-order valence-corrected chi connectivity index (χ4v) is 2.16. The van der Waals surface area contributed by atoms with Gasteiger partial charge in [-0.2, -0.15) is 0 Å². The Morgan fingerprint density at radius 2 is 2.10 bits per heavy atom. The molecule has 1 heterocycles. The predicted molar refractivity (Wildman–Crippen MR) is 83.6 cm³/mol. The summed E-state index contributed by atoms with van der Waals surface area (Å²) in [5.41, 5.74) is -0.107. The molecule has 116 valence electrons. The smallest absolute Gasteiger partial charge is 0.308 e. The number of furan rings is 1. The summed E-state index contributed by atoms with van der Waals surface area (Å²) >= 11 is 3.17. The van der Waals surface area contributed by atoms with E-state index < -0.39 is 11.9 Å². The molecule has 21 heavy (non-hydrogen) atoms. The van der Waals surface area contributed by atoms with Crippen LogP contribution in [0.1, 0.15) is 33.0 Å². The van der Waals surface area contributed by atoms with E-state index in [1.807, 2.05) is 20.8 Å². The first-order valence-electron chi connectivity index (χ1n) is 6.61. The number of carbonyl (C=O) groups is 2. The number of hydrogen-bond acceptors (Lipinski definition) is 3. The van der Waals surface area contributed by atoms with Crippen LogP contribution in [0.3, 0.4) is 0 Å². The summed E-state index contributed by atoms with van der Waals surface area (Å²) in [4.78, 5) is 22.9. The highest BCUT2D eigenvalue weighted by molar-refractivity contribution is 9.10. The maximum Gasteiger partial charge on any atom is 0.308 e. The molecule has 0 fully saturated rings. The molecule has 0 spiro atoms. The van der Waals surface area contributed by atoms with Crippen molar-refractivity contribution in [3.8, 4) is 0 Å². The summed E-state index contributed by atoms with van der Waals surface area (Å²) in [6, 6.07) is 3.44. The monoisotopic (exact) mass is 357 g/mol. The van der Waals surface area contributed by atoms with E-state index in [1.54, 1.807) is 12.1 Å². The normalized spacial score (nSPS) is 13.3. The topological polar surface area (TPSA) is 79.5 Å². The van der Waals surface area contributed by atoms with Gasteiger partial charge in [0.1, 0.15) is 5.76 Å². The first kappa shape index (κ1) is 17.5. The van der Waals surface area contributed by atoms with E-state index in [0.29, 0.717) is 16.9 Å². The maximum absolute atomic E-state index is 11.7. The quantitative estimate of drug-likeness (QED) is 0.765. The van der Waals surface area contributed by atoms with E-state index in [0.717, 1.165) is 0 Å². The van der Waals surface area contributed by atoms with Gasteiger partial charge in [-0.1, -0.05) is 20.8 Å². The van der Waals surface area contributed by atoms with Crippen molar-refractivity contribution in [2.45, 2.75) is 27.2 Å². The number of hydrogen-bond donors (Lipinski definition) is 2. The molecule has 0 aromatic carbocycles. The Morgan fingerprint density at radius 1 is 1.43 bits per heavy atom. The number of carboxylic acids is 1. The molecule has 0 saturated heterocycles. The van der Waals surface area contributed by atoms with Crippen molar-refractivity contribution in [3.63, 3.8) is 0 Å². The minimum atomic E-state index is -0.899. The average Bonchev–Trinajstić information content (AvgIpc) is 2.76. The minimum absolute atomic E-state index is 0.107. The number of carboxylic acid groups (broad SMARTS) is 1. The van der Waals surface area contributed by atoms with Crippen LogP contribution < -0.4 is 5.32 Å². The van der Waals surface area contributed by atoms with Crippen LogP contribution in [0.25, 0.3) is 6.08 Å². The molecule has 0 aliphatic rings. The van der Waals surface area contributed by atoms with Crippen LogP contribution >= 0.6 is 15.9 Å². The van der Waals surface area contributed by atoms with Crippen LogP contribution in [-0.2, 0) is 9.59 Å². The lowest BCUT2D eigenvalue weighted by atomic mass is 9.84. The standard InChI is InChI=1S/C15H20BrNO4/c1-15(2,3)8-10(14(19)20)9-17-13(18)7-5-11-4-6-12(16)21-11/h4-7,10H,8-9H2,1-3H3,(H,17,18)(H,19,20)/b7-5+. The van der Waals surface area contributed by atoms with E-state index >= 15 is 0 Å². The van der Waals surface area contributed by atoms with Gasteiger partial charge >= 0.3 is 5.97 Å². The second kappa shape index (κ2) is 7.45. The summed E-state index contributed by atoms with van der Waals surface area (Å²) in [5, 5.41) is 11.8. The number of carbonyl (C=O) groups excluding carboxylic acids is 1. The Balaban J connectivity index is 2.50. The summed E-state index contributed by atoms with van der Waals surface area (Å²) in [5.74, 6) is -1.30. The highest BCUT2D eigenvalue weighted by atomic mass is 79.9. The van der Waals surface area contributed by atoms with Crippen molar-refractivity contribution in [1.82, 2.24) is 5.32 Å². The second-order valence-electron chi connectivity index (χ2n) is 6.02. The molecule has 1 rings (SSSR count). The largest absolute Gasteiger partial charge is 0.481 e. The summed E-state index contributed by atoms with van der Waals surface area (Å²) < 4.78 is 5.80. The van der Waals surface area contributed by atoms with Crippen LogP contribution in [0.4, 0.5) is 0 Å². The number of halogens is 1. The van der Waals surface area contributed by atoms with E-state index in [9.17, 15) is 14.7 Å². The van der Waals surface area contributed by atoms with E-state index in [2.05, 4.69) is 21.2 Å². The Kier molecular flexibility index (Phi) is 6.20. The van der Waals surface area contributed by atoms with Gasteiger partial charge in [-0.05, 0) is 46.0 Å². The lowest BCUT2D eigenvalue weighted by molar-refractivity contribution is -0.142. The van der Waals surface area contributed by atoms with E-state index in [1.165, 1.54) is 12.2 Å². The Morgan fingerprint density at radius 3 is 2.57 bits per heavy atom. The number of amides is 1. The van der Waals surface area contributed by atoms with Crippen molar-refractivity contribution in [3.05, 3.63) is 28.6 Å². The molecule has 6 heteroatoms. The Hall–Kier alpha value is -1.56. The first-order valence-corrected chi connectivity index (χ1v) is 7.41. The molecule has 1 unspecified atom stereocenters. The van der Waals surface area contributed by atoms with Gasteiger partial charge in [0.2, 0.25) is 5.91 Å². The molecular weight excluding hydrogens is 338 g/mol. The first-order chi connectivity index (χ1) is 9.67. The predicted octanol–water partition coefficient (Wildman–Crippen LogP) is 3.31. The zero-order valence-corrected chi connectivity index (χ0v) is 13.9. The van der Waals surface area contributed by atoms with Gasteiger partial charge in [-0.15, -0.1) is 0 Å². The summed E-state index contributed by atoms with van der Waals surface area (Å²) in [6.07, 6.45) is 3.35. The van der Waals surface area contributed by atoms with Crippen LogP contribution in [0.5, 0.6) is 0 Å². The third kappa shape index (κ3) is 7.13. The van der Waals surface area contributed by atoms with Crippen molar-refractivity contribution < 1.29 is 19.1 Å². The van der Waals surface area contributed by atoms with Crippen molar-refractivity contribution >= 4 is 33.9 Å². The average molecular weight is 358 g/mol. The molecule has 0 aliphatic heterocycles. The molecule has 1 aromatic rings. The van der Waals surface area contributed by atoms with Crippen LogP contribution in [0.15, 0.2) is 27.3 Å². The zero-order valence-electron chi connectivity index (χ0n) is 12.4. The molecule has 5 nitrogen and oxygen atoms in total. The molecule has 0 bridgehead atoms. The van der Waals surface area contributed by atoms with Gasteiger partial charge in [-0.3, -0.25) is 9.59 Å². The number of nitrogens with one attached hydrogen (secondary N) is 1. The highest BCUT2D eigenvalue weighted by Crippen LogP contribution is 2.24. The molecule has 1 atom stereocenters. The third-order valence-electron chi connectivity index (χ3n) is 2.72. The van der Waals surface area contributed by atoms with E-state index in [4.69, 9.17) is 4.42 Å². The van der Waals surface area contributed by atoms with Crippen LogP contribution in [0, 0.1) is 11.3 Å². The fraction of sp³-hybridized carbons (Fsp3) is 0.467. The Bertz CT molecular complexity index is 528. The van der Waals surface area contributed by atoms with E-state index in [-0.39, 0.29) is 17.9 Å². The van der Waals surface area contributed by atoms with Gasteiger partial charge in [0.05, 0.1) is 5.92 Å². The molecule has 1 aromatic heterocycles. The van der Waals surface area contributed by atoms with Crippen LogP contribution in [0.2, 0.25) is 0 Å². The second-order valence-corrected chi connectivity index (χ2v) is 6.80. The van der Waals surface area contributed by atoms with Gasteiger partial charge in [0.15, 0.2) is 4.67 Å². The zero-order chi connectivity index (χ0) is 16.0. The lowest BCUT2D eigenvalue weighted by Crippen LogP contribution is -2.34. The van der Waals surface area contributed by atoms with Crippen LogP contribution in [-0.4, -0.2) is 23.5 Å². The molecule has 0 aliphatic carbocycles. The molecule has 1 amide bonds. The maximum atomic E-state index is 11.7. The molecule has 0 radical (unpaired) electrons. The van der Waals surface area contributed by atoms with Gasteiger partial charge in [-0.25, -0.2) is 0 Å². The van der Waals surface area contributed by atoms with Crippen molar-refractivity contribution in [1.29, 1.82) is 0 Å². The Labute approximate surface area is 132 Å². The van der Waals surface area contributed by atoms with Crippen molar-refractivity contribution in [2.24, 2.45) is 11.3 Å². The summed E-state index contributed by atoms with van der Waals surface area (Å²) in [6.45, 7) is 6.02. The highest BCUT2D eigenvalue weighted by Gasteiger charge is 2.24. The molecular formula is C15H20BrNO4. The van der Waals surface area contributed by atoms with Crippen molar-refractivity contribution in [2.75, 3.05) is 6.54 Å². The summed E-state index contributed by atoms with van der Waals surface area (Å²) in [7, 11) is 0. The van der Waals surface area contributed by atoms with Gasteiger partial charge in [0.25, 0.3) is 0 Å². The number of rotatable bonds is 6. The van der Waals surface area contributed by atoms with Gasteiger partial charge in [0, 0.05) is 12.6 Å². The third-order valence-corrected chi connectivity index (χ3v) is 3.15. The molecule has 2 N–H and O–H groups in total. The fourth-order valence-electron chi connectivity index (χ4n) is 1.84. The van der Waals surface area contributed by atoms with Gasteiger partial charge < -0.3 is 14.8 Å². The number of aliphatic carboxylic acids is 1. The lowest BCUT2D eigenvalue weighted by Gasteiger charge is -2.23. The minimum Gasteiger partial charge on any atom is -0.481 e.